The number of aromatic nitrogens is 5. The predicted molar refractivity (Wildman–Crippen MR) is 197 cm³/mol. The van der Waals surface area contributed by atoms with E-state index in [1.165, 1.54) is 24.7 Å². The molecule has 3 aromatic heterocycles. The average molecular weight is 678 g/mol. The van der Waals surface area contributed by atoms with Gasteiger partial charge in [-0.05, 0) is 82.8 Å². The minimum absolute atomic E-state index is 0.0319. The highest BCUT2D eigenvalue weighted by Crippen LogP contribution is 2.48. The molecule has 2 N–H and O–H groups in total. The molecule has 4 atom stereocenters. The van der Waals surface area contributed by atoms with Gasteiger partial charge in [-0.2, -0.15) is 0 Å². The van der Waals surface area contributed by atoms with E-state index in [0.717, 1.165) is 76.1 Å². The molecule has 0 unspecified atom stereocenters. The first-order chi connectivity index (χ1) is 24.2. The van der Waals surface area contributed by atoms with Gasteiger partial charge >= 0.3 is 0 Å². The molecule has 12 heteroatoms. The monoisotopic (exact) mass is 677 g/mol. The van der Waals surface area contributed by atoms with E-state index in [4.69, 9.17) is 28.9 Å². The van der Waals surface area contributed by atoms with Crippen molar-refractivity contribution < 1.29 is 18.9 Å². The number of hydrogen-bond donors (Lipinski definition) is 2. The van der Waals surface area contributed by atoms with Crippen LogP contribution in [0.5, 0.6) is 11.5 Å². The molecule has 0 amide bonds. The van der Waals surface area contributed by atoms with Gasteiger partial charge in [-0.15, -0.1) is 0 Å². The Labute approximate surface area is 294 Å². The van der Waals surface area contributed by atoms with E-state index >= 15 is 0 Å². The molecule has 8 rings (SSSR count). The summed E-state index contributed by atoms with van der Waals surface area (Å²) in [6, 6.07) is 15.1. The van der Waals surface area contributed by atoms with E-state index in [2.05, 4.69) is 70.1 Å². The number of nitrogens with zero attached hydrogens (tertiary/aromatic N) is 5. The predicted octanol–water partition coefficient (Wildman–Crippen LogP) is 4.62. The molecule has 5 aromatic rings. The Morgan fingerprint density at radius 3 is 2.70 bits per heavy atom. The Bertz CT molecular complexity index is 1990. The quantitative estimate of drug-likeness (QED) is 0.183. The van der Waals surface area contributed by atoms with E-state index in [9.17, 15) is 0 Å². The third-order valence-corrected chi connectivity index (χ3v) is 11.2. The summed E-state index contributed by atoms with van der Waals surface area (Å²) in [6.45, 7) is 5.62. The van der Waals surface area contributed by atoms with Crippen molar-refractivity contribution >= 4 is 41.2 Å². The molecule has 1 saturated heterocycles. The number of ether oxygens (including phenoxy) is 4. The number of aryl methyl sites for hydroxylation is 1. The van der Waals surface area contributed by atoms with Crippen molar-refractivity contribution in [1.29, 1.82) is 0 Å². The third kappa shape index (κ3) is 6.33. The van der Waals surface area contributed by atoms with Crippen LogP contribution in [-0.4, -0.2) is 89.1 Å². The molecule has 2 saturated carbocycles. The molecule has 2 aromatic carbocycles. The Hall–Kier alpha value is -4.13. The normalized spacial score (nSPS) is 25.6. The zero-order valence-electron chi connectivity index (χ0n) is 30.0. The molecule has 50 heavy (non-hydrogen) atoms. The Balaban J connectivity index is 0.918. The SMILES string of the molecule is Bc1ccc2[nH]c(CCC3CC(N(C)C[C@H]4C[C@@H](n5ccc6c(NCc7ccc(OC)cc7OC)ncnc65)[C@@H]5OC(C)(C)O[C@H]45)C3)nc2c1. The maximum Gasteiger partial charge on any atom is 0.163 e. The fourth-order valence-electron chi connectivity index (χ4n) is 8.51. The van der Waals surface area contributed by atoms with Crippen LogP contribution in [-0.2, 0) is 22.4 Å². The first-order valence-electron chi connectivity index (χ1n) is 18.0. The highest BCUT2D eigenvalue weighted by molar-refractivity contribution is 6.33. The summed E-state index contributed by atoms with van der Waals surface area (Å²) in [5, 5.41) is 4.50. The minimum atomic E-state index is -0.621. The number of aromatic amines is 1. The lowest BCUT2D eigenvalue weighted by atomic mass is 9.76. The fraction of sp³-hybridized carbons (Fsp3) is 0.500. The van der Waals surface area contributed by atoms with E-state index in [0.29, 0.717) is 18.5 Å². The van der Waals surface area contributed by atoms with Crippen LogP contribution in [0, 0.1) is 11.8 Å². The van der Waals surface area contributed by atoms with E-state index in [1.54, 1.807) is 20.5 Å². The van der Waals surface area contributed by atoms with Gasteiger partial charge in [0.2, 0.25) is 0 Å². The lowest BCUT2D eigenvalue weighted by molar-refractivity contribution is -0.161. The highest BCUT2D eigenvalue weighted by Gasteiger charge is 2.55. The van der Waals surface area contributed by atoms with Crippen LogP contribution in [0.4, 0.5) is 5.82 Å². The van der Waals surface area contributed by atoms with Gasteiger partial charge in [0.15, 0.2) is 5.79 Å². The molecule has 0 spiro atoms. The highest BCUT2D eigenvalue weighted by atomic mass is 16.8. The van der Waals surface area contributed by atoms with Crippen LogP contribution >= 0.6 is 0 Å². The van der Waals surface area contributed by atoms with Crippen molar-refractivity contribution in [2.24, 2.45) is 11.8 Å². The van der Waals surface area contributed by atoms with Gasteiger partial charge in [0.25, 0.3) is 0 Å². The van der Waals surface area contributed by atoms with Crippen molar-refractivity contribution in [1.82, 2.24) is 29.4 Å². The average Bonchev–Trinajstić information content (AvgIpc) is 3.84. The number of fused-ring (bicyclic) bond motifs is 3. The van der Waals surface area contributed by atoms with Crippen LogP contribution in [0.15, 0.2) is 55.0 Å². The number of nitrogens with one attached hydrogen (secondary N) is 2. The van der Waals surface area contributed by atoms with Gasteiger partial charge in [0, 0.05) is 49.3 Å². The molecule has 2 aliphatic carbocycles. The summed E-state index contributed by atoms with van der Waals surface area (Å²) < 4.78 is 26.5. The Kier molecular flexibility index (Phi) is 8.73. The zero-order chi connectivity index (χ0) is 34.6. The zero-order valence-corrected chi connectivity index (χ0v) is 30.0. The van der Waals surface area contributed by atoms with Crippen molar-refractivity contribution in [2.45, 2.75) is 82.6 Å². The molecule has 4 heterocycles. The van der Waals surface area contributed by atoms with Crippen molar-refractivity contribution in [3.63, 3.8) is 0 Å². The van der Waals surface area contributed by atoms with Gasteiger partial charge < -0.3 is 38.7 Å². The summed E-state index contributed by atoms with van der Waals surface area (Å²) in [7, 11) is 7.74. The summed E-state index contributed by atoms with van der Waals surface area (Å²) in [6.07, 6.45) is 9.39. The number of benzene rings is 2. The number of rotatable bonds is 12. The molecule has 0 bridgehead atoms. The number of hydrogen-bond acceptors (Lipinski definition) is 9. The van der Waals surface area contributed by atoms with E-state index in [1.807, 2.05) is 32.0 Å². The van der Waals surface area contributed by atoms with Crippen molar-refractivity contribution in [2.75, 3.05) is 33.1 Å². The maximum atomic E-state index is 6.62. The van der Waals surface area contributed by atoms with Crippen LogP contribution in [0.3, 0.4) is 0 Å². The van der Waals surface area contributed by atoms with Crippen LogP contribution in [0.25, 0.3) is 22.1 Å². The second-order valence-electron chi connectivity index (χ2n) is 15.0. The number of H-pyrrole nitrogens is 1. The fourth-order valence-corrected chi connectivity index (χ4v) is 8.51. The molecule has 0 radical (unpaired) electrons. The summed E-state index contributed by atoms with van der Waals surface area (Å²) >= 11 is 0. The Morgan fingerprint density at radius 1 is 1.04 bits per heavy atom. The molecule has 11 nitrogen and oxygen atoms in total. The molecule has 3 aliphatic rings. The molecule has 1 aliphatic heterocycles. The van der Waals surface area contributed by atoms with Gasteiger partial charge in [-0.25, -0.2) is 15.0 Å². The lowest BCUT2D eigenvalue weighted by Crippen LogP contribution is -2.46. The van der Waals surface area contributed by atoms with E-state index in [-0.39, 0.29) is 18.2 Å². The number of methoxy groups -OCH3 is 2. The first-order valence-corrected chi connectivity index (χ1v) is 18.0. The lowest BCUT2D eigenvalue weighted by Gasteiger charge is -2.42. The van der Waals surface area contributed by atoms with Crippen LogP contribution in [0.2, 0.25) is 0 Å². The number of anilines is 1. The van der Waals surface area contributed by atoms with Gasteiger partial charge in [0.05, 0.1) is 42.8 Å². The molecular formula is C38H48BN7O4. The number of imidazole rings is 1. The summed E-state index contributed by atoms with van der Waals surface area (Å²) in [4.78, 5) is 20.3. The Morgan fingerprint density at radius 2 is 1.88 bits per heavy atom. The molecule has 3 fully saturated rings. The molecule has 262 valence electrons. The van der Waals surface area contributed by atoms with Gasteiger partial charge in [0.1, 0.15) is 49.1 Å². The van der Waals surface area contributed by atoms with Gasteiger partial charge in [-0.1, -0.05) is 11.5 Å². The third-order valence-electron chi connectivity index (χ3n) is 11.2. The smallest absolute Gasteiger partial charge is 0.163 e. The largest absolute Gasteiger partial charge is 0.497 e. The molecular weight excluding hydrogens is 629 g/mol. The first kappa shape index (κ1) is 33.0. The maximum absolute atomic E-state index is 6.62. The standard InChI is InChI=1S/C38H48BN7O4/c1-38(2)49-34-24(20-45(3)26-14-22(15-26)6-11-33-43-29-10-8-25(39)17-30(29)44-33)16-31(35(34)50-38)46-13-12-28-36(41-21-42-37(28)46)40-19-23-7-9-27(47-4)18-32(23)48-5/h7-10,12-13,17-18,21-22,24,26,31,34-35H,6,11,14-16,19-20,39H2,1-5H3,(H,43,44)(H,40,41,42)/t22?,24-,26?,31-,34-,35+/m1/s1. The second kappa shape index (κ2) is 13.2. The van der Waals surface area contributed by atoms with Crippen molar-refractivity contribution in [3.05, 3.63) is 66.4 Å². The second-order valence-corrected chi connectivity index (χ2v) is 15.0. The summed E-state index contributed by atoms with van der Waals surface area (Å²) in [5.41, 5.74) is 5.37. The van der Waals surface area contributed by atoms with Crippen LogP contribution < -0.4 is 20.3 Å². The van der Waals surface area contributed by atoms with E-state index < -0.39 is 5.79 Å². The van der Waals surface area contributed by atoms with Crippen molar-refractivity contribution in [3.8, 4) is 11.5 Å². The van der Waals surface area contributed by atoms with Gasteiger partial charge in [-0.3, -0.25) is 0 Å². The minimum Gasteiger partial charge on any atom is -0.497 e. The topological polar surface area (TPSA) is 112 Å². The van der Waals surface area contributed by atoms with Crippen LogP contribution in [0.1, 0.15) is 57.0 Å². The summed E-state index contributed by atoms with van der Waals surface area (Å²) in [5.74, 6) is 3.90.